The predicted molar refractivity (Wildman–Crippen MR) is 85.6 cm³/mol. The van der Waals surface area contributed by atoms with Crippen molar-refractivity contribution < 1.29 is 14.6 Å². The van der Waals surface area contributed by atoms with Gasteiger partial charge in [0.15, 0.2) is 0 Å². The van der Waals surface area contributed by atoms with Crippen LogP contribution in [0.2, 0.25) is 0 Å². The van der Waals surface area contributed by atoms with Crippen molar-refractivity contribution >= 4 is 0 Å². The zero-order valence-corrected chi connectivity index (χ0v) is 13.8. The van der Waals surface area contributed by atoms with Crippen LogP contribution in [0.3, 0.4) is 0 Å². The van der Waals surface area contributed by atoms with Gasteiger partial charge in [-0.05, 0) is 40.7 Å². The third kappa shape index (κ3) is 8.05. The molecule has 0 aliphatic heterocycles. The van der Waals surface area contributed by atoms with Crippen LogP contribution in [0.15, 0.2) is 24.3 Å². The van der Waals surface area contributed by atoms with Crippen molar-refractivity contribution in [2.45, 2.75) is 58.9 Å². The van der Waals surface area contributed by atoms with Gasteiger partial charge in [0.2, 0.25) is 0 Å². The van der Waals surface area contributed by atoms with Crippen LogP contribution in [0.25, 0.3) is 0 Å². The van der Waals surface area contributed by atoms with Gasteiger partial charge in [-0.15, -0.1) is 0 Å². The van der Waals surface area contributed by atoms with E-state index in [1.165, 1.54) is 0 Å². The summed E-state index contributed by atoms with van der Waals surface area (Å²) in [4.78, 5) is 0. The van der Waals surface area contributed by atoms with E-state index in [1.807, 2.05) is 38.1 Å². The minimum atomic E-state index is -0.615. The maximum Gasteiger partial charge on any atom is 0.123 e. The molecule has 1 rings (SSSR count). The van der Waals surface area contributed by atoms with Gasteiger partial charge >= 0.3 is 0 Å². The summed E-state index contributed by atoms with van der Waals surface area (Å²) < 4.78 is 11.1. The van der Waals surface area contributed by atoms with Crippen LogP contribution in [0.1, 0.15) is 40.2 Å². The monoisotopic (exact) mass is 295 g/mol. The van der Waals surface area contributed by atoms with Crippen molar-refractivity contribution in [3.05, 3.63) is 29.8 Å². The lowest BCUT2D eigenvalue weighted by atomic mass is 10.1. The first-order valence-corrected chi connectivity index (χ1v) is 7.53. The number of benzene rings is 1. The topological polar surface area (TPSA) is 50.7 Å². The molecule has 0 aliphatic carbocycles. The molecule has 1 aromatic carbocycles. The molecule has 4 heteroatoms. The highest BCUT2D eigenvalue weighted by atomic mass is 16.5. The standard InChI is InChI=1S/C17H29NO3/c1-13(2)20-11-15(19)12-21-16-9-7-6-8-14(16)10-18-17(3,4)5/h6-9,13,15,18-19H,10-12H2,1-5H3. The quantitative estimate of drug-likeness (QED) is 0.774. The van der Waals surface area contributed by atoms with Gasteiger partial charge < -0.3 is 19.9 Å². The summed E-state index contributed by atoms with van der Waals surface area (Å²) in [7, 11) is 0. The maximum atomic E-state index is 9.84. The summed E-state index contributed by atoms with van der Waals surface area (Å²) in [6, 6.07) is 7.89. The van der Waals surface area contributed by atoms with E-state index in [1.54, 1.807) is 0 Å². The second kappa shape index (κ2) is 8.37. The Labute approximate surface area is 128 Å². The lowest BCUT2D eigenvalue weighted by Crippen LogP contribution is -2.35. The summed E-state index contributed by atoms with van der Waals surface area (Å²) in [5.74, 6) is 0.804. The number of nitrogens with one attached hydrogen (secondary N) is 1. The third-order valence-electron chi connectivity index (χ3n) is 2.83. The van der Waals surface area contributed by atoms with Crippen molar-refractivity contribution in [1.82, 2.24) is 5.32 Å². The molecule has 0 heterocycles. The Morgan fingerprint density at radius 1 is 1.14 bits per heavy atom. The number of aliphatic hydroxyl groups is 1. The molecule has 120 valence electrons. The van der Waals surface area contributed by atoms with E-state index in [-0.39, 0.29) is 18.2 Å². The Bertz CT molecular complexity index is 413. The number of hydrogen-bond acceptors (Lipinski definition) is 4. The molecule has 0 radical (unpaired) electrons. The maximum absolute atomic E-state index is 9.84. The van der Waals surface area contributed by atoms with Gasteiger partial charge in [-0.2, -0.15) is 0 Å². The molecule has 0 aromatic heterocycles. The molecule has 0 bridgehead atoms. The SMILES string of the molecule is CC(C)OCC(O)COc1ccccc1CNC(C)(C)C. The predicted octanol–water partition coefficient (Wildman–Crippen LogP) is 2.74. The zero-order valence-electron chi connectivity index (χ0n) is 13.8. The first-order valence-electron chi connectivity index (χ1n) is 7.53. The molecule has 0 aliphatic rings. The van der Waals surface area contributed by atoms with E-state index < -0.39 is 6.10 Å². The van der Waals surface area contributed by atoms with Crippen molar-refractivity contribution in [2.75, 3.05) is 13.2 Å². The minimum absolute atomic E-state index is 0.0533. The fourth-order valence-corrected chi connectivity index (χ4v) is 1.69. The smallest absolute Gasteiger partial charge is 0.123 e. The number of ether oxygens (including phenoxy) is 2. The highest BCUT2D eigenvalue weighted by Crippen LogP contribution is 2.19. The fraction of sp³-hybridized carbons (Fsp3) is 0.647. The van der Waals surface area contributed by atoms with Crippen LogP contribution in [0.5, 0.6) is 5.75 Å². The normalized spacial score (nSPS) is 13.5. The van der Waals surface area contributed by atoms with E-state index in [9.17, 15) is 5.11 Å². The number of hydrogen-bond donors (Lipinski definition) is 2. The zero-order chi connectivity index (χ0) is 15.9. The number of para-hydroxylation sites is 1. The first kappa shape index (κ1) is 18.0. The lowest BCUT2D eigenvalue weighted by Gasteiger charge is -2.22. The molecule has 0 saturated carbocycles. The highest BCUT2D eigenvalue weighted by Gasteiger charge is 2.12. The Kier molecular flexibility index (Phi) is 7.15. The van der Waals surface area contributed by atoms with Crippen LogP contribution in [0.4, 0.5) is 0 Å². The molecular formula is C17H29NO3. The summed E-state index contributed by atoms with van der Waals surface area (Å²) in [6.07, 6.45) is -0.501. The molecule has 0 saturated heterocycles. The van der Waals surface area contributed by atoms with Gasteiger partial charge in [0.05, 0.1) is 12.7 Å². The third-order valence-corrected chi connectivity index (χ3v) is 2.83. The van der Waals surface area contributed by atoms with Crippen molar-refractivity contribution in [1.29, 1.82) is 0 Å². The largest absolute Gasteiger partial charge is 0.490 e. The molecule has 0 spiro atoms. The van der Waals surface area contributed by atoms with E-state index >= 15 is 0 Å². The molecular weight excluding hydrogens is 266 g/mol. The average molecular weight is 295 g/mol. The molecule has 1 aromatic rings. The molecule has 4 nitrogen and oxygen atoms in total. The molecule has 1 unspecified atom stereocenters. The van der Waals surface area contributed by atoms with Gasteiger partial charge in [0.1, 0.15) is 18.5 Å². The molecule has 1 atom stereocenters. The van der Waals surface area contributed by atoms with Gasteiger partial charge in [-0.1, -0.05) is 18.2 Å². The van der Waals surface area contributed by atoms with Crippen LogP contribution in [-0.2, 0) is 11.3 Å². The van der Waals surface area contributed by atoms with Crippen LogP contribution in [-0.4, -0.2) is 36.1 Å². The second-order valence-electron chi connectivity index (χ2n) is 6.56. The van der Waals surface area contributed by atoms with Gasteiger partial charge in [-0.3, -0.25) is 0 Å². The Morgan fingerprint density at radius 3 is 2.43 bits per heavy atom. The highest BCUT2D eigenvalue weighted by molar-refractivity contribution is 5.33. The van der Waals surface area contributed by atoms with Crippen molar-refractivity contribution in [3.8, 4) is 5.75 Å². The van der Waals surface area contributed by atoms with E-state index in [4.69, 9.17) is 9.47 Å². The Hall–Kier alpha value is -1.10. The van der Waals surface area contributed by atoms with Gasteiger partial charge in [0.25, 0.3) is 0 Å². The molecule has 2 N–H and O–H groups in total. The van der Waals surface area contributed by atoms with E-state index in [2.05, 4.69) is 26.1 Å². The average Bonchev–Trinajstić information content (AvgIpc) is 2.40. The summed E-state index contributed by atoms with van der Waals surface area (Å²) >= 11 is 0. The number of rotatable bonds is 8. The summed E-state index contributed by atoms with van der Waals surface area (Å²) in [5.41, 5.74) is 1.14. The van der Waals surface area contributed by atoms with Gasteiger partial charge in [0, 0.05) is 17.6 Å². The minimum Gasteiger partial charge on any atom is -0.490 e. The molecule has 0 amide bonds. The van der Waals surface area contributed by atoms with Crippen LogP contribution < -0.4 is 10.1 Å². The second-order valence-corrected chi connectivity index (χ2v) is 6.56. The van der Waals surface area contributed by atoms with Gasteiger partial charge in [-0.25, -0.2) is 0 Å². The van der Waals surface area contributed by atoms with Crippen molar-refractivity contribution in [2.24, 2.45) is 0 Å². The lowest BCUT2D eigenvalue weighted by molar-refractivity contribution is -0.0124. The van der Waals surface area contributed by atoms with Crippen LogP contribution >= 0.6 is 0 Å². The summed E-state index contributed by atoms with van der Waals surface area (Å²) in [6.45, 7) is 11.5. The van der Waals surface area contributed by atoms with E-state index in [0.29, 0.717) is 6.61 Å². The van der Waals surface area contributed by atoms with Crippen LogP contribution in [0, 0.1) is 0 Å². The molecule has 21 heavy (non-hydrogen) atoms. The van der Waals surface area contributed by atoms with E-state index in [0.717, 1.165) is 17.9 Å². The Balaban J connectivity index is 2.51. The first-order chi connectivity index (χ1) is 9.78. The van der Waals surface area contributed by atoms with Crippen molar-refractivity contribution in [3.63, 3.8) is 0 Å². The molecule has 0 fully saturated rings. The summed E-state index contributed by atoms with van der Waals surface area (Å²) in [5, 5.41) is 13.3. The number of aliphatic hydroxyl groups excluding tert-OH is 1. The Morgan fingerprint density at radius 2 is 1.81 bits per heavy atom. The fourth-order valence-electron chi connectivity index (χ4n) is 1.69.